The minimum absolute atomic E-state index is 0.139. The molecular formula is C13H14Cl2N4O. The van der Waals surface area contributed by atoms with E-state index in [4.69, 9.17) is 33.8 Å². The third-order valence-corrected chi connectivity index (χ3v) is 3.04. The van der Waals surface area contributed by atoms with Gasteiger partial charge in [0.15, 0.2) is 0 Å². The molecule has 0 saturated carbocycles. The van der Waals surface area contributed by atoms with E-state index in [1.807, 2.05) is 13.8 Å². The summed E-state index contributed by atoms with van der Waals surface area (Å²) in [6, 6.07) is 6.55. The maximum Gasteiger partial charge on any atom is 0.224 e. The molecule has 0 aliphatic carbocycles. The van der Waals surface area contributed by atoms with Crippen LogP contribution in [0.15, 0.2) is 24.3 Å². The zero-order valence-electron chi connectivity index (χ0n) is 11.0. The van der Waals surface area contributed by atoms with E-state index in [-0.39, 0.29) is 5.92 Å². The van der Waals surface area contributed by atoms with Gasteiger partial charge in [-0.2, -0.15) is 4.98 Å². The number of benzene rings is 1. The molecule has 0 spiro atoms. The Kier molecular flexibility index (Phi) is 4.65. The van der Waals surface area contributed by atoms with E-state index in [1.165, 1.54) is 0 Å². The van der Waals surface area contributed by atoms with Gasteiger partial charge in [-0.1, -0.05) is 37.0 Å². The van der Waals surface area contributed by atoms with E-state index in [0.717, 1.165) is 0 Å². The first-order chi connectivity index (χ1) is 9.49. The van der Waals surface area contributed by atoms with E-state index < -0.39 is 0 Å². The summed E-state index contributed by atoms with van der Waals surface area (Å²) in [6.45, 7) is 3.96. The number of rotatable bonds is 4. The normalized spacial score (nSPS) is 10.7. The number of hydrogen-bond donors (Lipinski definition) is 2. The molecule has 20 heavy (non-hydrogen) atoms. The average molecular weight is 313 g/mol. The van der Waals surface area contributed by atoms with Crippen molar-refractivity contribution in [1.82, 2.24) is 9.97 Å². The summed E-state index contributed by atoms with van der Waals surface area (Å²) in [5.41, 5.74) is 2.48. The van der Waals surface area contributed by atoms with Gasteiger partial charge in [0.2, 0.25) is 5.88 Å². The summed E-state index contributed by atoms with van der Waals surface area (Å²) >= 11 is 12.0. The van der Waals surface area contributed by atoms with Crippen molar-refractivity contribution in [1.29, 1.82) is 0 Å². The van der Waals surface area contributed by atoms with Gasteiger partial charge in [0.25, 0.3) is 0 Å². The predicted octanol–water partition coefficient (Wildman–Crippen LogP) is 3.98. The molecule has 5 nitrogen and oxygen atoms in total. The highest BCUT2D eigenvalue weighted by atomic mass is 35.5. The van der Waals surface area contributed by atoms with Gasteiger partial charge in [-0.05, 0) is 12.1 Å². The lowest BCUT2D eigenvalue weighted by Crippen LogP contribution is -2.11. The first-order valence-electron chi connectivity index (χ1n) is 5.98. The summed E-state index contributed by atoms with van der Waals surface area (Å²) in [7, 11) is 0. The van der Waals surface area contributed by atoms with Crippen LogP contribution in [0.1, 0.15) is 25.6 Å². The number of anilines is 1. The van der Waals surface area contributed by atoms with E-state index >= 15 is 0 Å². The Morgan fingerprint density at radius 3 is 2.60 bits per heavy atom. The number of nitrogens with zero attached hydrogens (tertiary/aromatic N) is 2. The van der Waals surface area contributed by atoms with Gasteiger partial charge in [-0.15, -0.1) is 0 Å². The molecule has 1 aromatic heterocycles. The quantitative estimate of drug-likeness (QED) is 0.659. The van der Waals surface area contributed by atoms with Crippen LogP contribution in [0.3, 0.4) is 0 Å². The summed E-state index contributed by atoms with van der Waals surface area (Å²) in [4.78, 5) is 8.56. The predicted molar refractivity (Wildman–Crippen MR) is 80.5 cm³/mol. The maximum absolute atomic E-state index is 6.05. The van der Waals surface area contributed by atoms with Gasteiger partial charge in [0, 0.05) is 23.1 Å². The standard InChI is InChI=1S/C13H14Cl2N4O/c1-7(2)13-17-11(19-16)6-12(18-13)20-10-5-8(14)3-4-9(10)15/h3-7H,16H2,1-2H3,(H,17,18,19). The number of hydrazine groups is 1. The Labute approximate surface area is 127 Å². The second kappa shape index (κ2) is 6.26. The fourth-order valence-electron chi connectivity index (χ4n) is 1.50. The van der Waals surface area contributed by atoms with Crippen LogP contribution in [0.2, 0.25) is 10.0 Å². The van der Waals surface area contributed by atoms with E-state index in [1.54, 1.807) is 24.3 Å². The number of ether oxygens (including phenoxy) is 1. The van der Waals surface area contributed by atoms with E-state index in [9.17, 15) is 0 Å². The first-order valence-corrected chi connectivity index (χ1v) is 6.73. The summed E-state index contributed by atoms with van der Waals surface area (Å²) in [6.07, 6.45) is 0. The molecular weight excluding hydrogens is 299 g/mol. The lowest BCUT2D eigenvalue weighted by molar-refractivity contribution is 0.457. The lowest BCUT2D eigenvalue weighted by atomic mass is 10.2. The van der Waals surface area contributed by atoms with Crippen LogP contribution in [0.5, 0.6) is 11.6 Å². The molecule has 2 rings (SSSR count). The second-order valence-electron chi connectivity index (χ2n) is 4.43. The first kappa shape index (κ1) is 14.8. The van der Waals surface area contributed by atoms with Crippen molar-refractivity contribution in [3.8, 4) is 11.6 Å². The van der Waals surface area contributed by atoms with Gasteiger partial charge in [-0.25, -0.2) is 10.8 Å². The Bertz CT molecular complexity index is 619. The number of nitrogens with two attached hydrogens (primary N) is 1. The number of nitrogens with one attached hydrogen (secondary N) is 1. The Morgan fingerprint density at radius 2 is 1.95 bits per heavy atom. The van der Waals surface area contributed by atoms with Crippen molar-refractivity contribution in [3.63, 3.8) is 0 Å². The van der Waals surface area contributed by atoms with Gasteiger partial charge >= 0.3 is 0 Å². The zero-order valence-corrected chi connectivity index (χ0v) is 12.5. The van der Waals surface area contributed by atoms with Crippen molar-refractivity contribution >= 4 is 29.0 Å². The number of halogens is 2. The molecule has 1 heterocycles. The fraction of sp³-hybridized carbons (Fsp3) is 0.231. The van der Waals surface area contributed by atoms with Crippen molar-refractivity contribution in [2.75, 3.05) is 5.43 Å². The lowest BCUT2D eigenvalue weighted by Gasteiger charge is -2.11. The molecule has 0 aliphatic rings. The summed E-state index contributed by atoms with van der Waals surface area (Å²) in [5, 5.41) is 0.973. The number of hydrogen-bond acceptors (Lipinski definition) is 5. The molecule has 3 N–H and O–H groups in total. The van der Waals surface area contributed by atoms with E-state index in [2.05, 4.69) is 15.4 Å². The van der Waals surface area contributed by atoms with Crippen LogP contribution < -0.4 is 16.0 Å². The minimum atomic E-state index is 0.139. The zero-order chi connectivity index (χ0) is 14.7. The van der Waals surface area contributed by atoms with Crippen LogP contribution >= 0.6 is 23.2 Å². The van der Waals surface area contributed by atoms with Crippen molar-refractivity contribution in [2.24, 2.45) is 5.84 Å². The summed E-state index contributed by atoms with van der Waals surface area (Å²) < 4.78 is 5.66. The van der Waals surface area contributed by atoms with Crippen LogP contribution in [0, 0.1) is 0 Å². The maximum atomic E-state index is 6.05. The van der Waals surface area contributed by atoms with Gasteiger partial charge in [0.05, 0.1) is 5.02 Å². The molecule has 0 amide bonds. The van der Waals surface area contributed by atoms with Crippen molar-refractivity contribution in [3.05, 3.63) is 40.1 Å². The molecule has 0 radical (unpaired) electrons. The highest BCUT2D eigenvalue weighted by molar-refractivity contribution is 6.34. The molecule has 0 bridgehead atoms. The highest BCUT2D eigenvalue weighted by Crippen LogP contribution is 2.32. The van der Waals surface area contributed by atoms with Crippen LogP contribution in [-0.4, -0.2) is 9.97 Å². The monoisotopic (exact) mass is 312 g/mol. The summed E-state index contributed by atoms with van der Waals surface area (Å²) in [5.74, 6) is 7.39. The molecule has 2 aromatic rings. The second-order valence-corrected chi connectivity index (χ2v) is 5.27. The van der Waals surface area contributed by atoms with Crippen molar-refractivity contribution in [2.45, 2.75) is 19.8 Å². The third-order valence-electron chi connectivity index (χ3n) is 2.49. The number of nitrogen functional groups attached to an aromatic ring is 1. The van der Waals surface area contributed by atoms with Gasteiger partial charge < -0.3 is 10.2 Å². The van der Waals surface area contributed by atoms with Crippen LogP contribution in [0.4, 0.5) is 5.82 Å². The molecule has 0 fully saturated rings. The Balaban J connectivity index is 2.37. The Hall–Kier alpha value is -1.56. The van der Waals surface area contributed by atoms with Crippen molar-refractivity contribution < 1.29 is 4.74 Å². The molecule has 0 saturated heterocycles. The molecule has 106 valence electrons. The molecule has 0 atom stereocenters. The molecule has 7 heteroatoms. The van der Waals surface area contributed by atoms with Gasteiger partial charge in [0.1, 0.15) is 17.4 Å². The fourth-order valence-corrected chi connectivity index (χ4v) is 1.81. The average Bonchev–Trinajstić information content (AvgIpc) is 2.42. The smallest absolute Gasteiger partial charge is 0.224 e. The molecule has 0 aliphatic heterocycles. The highest BCUT2D eigenvalue weighted by Gasteiger charge is 2.11. The molecule has 1 aromatic carbocycles. The SMILES string of the molecule is CC(C)c1nc(NN)cc(Oc2cc(Cl)ccc2Cl)n1. The third kappa shape index (κ3) is 3.50. The molecule has 0 unspecified atom stereocenters. The van der Waals surface area contributed by atoms with Crippen LogP contribution in [-0.2, 0) is 0 Å². The minimum Gasteiger partial charge on any atom is -0.437 e. The van der Waals surface area contributed by atoms with Gasteiger partial charge in [-0.3, -0.25) is 0 Å². The van der Waals surface area contributed by atoms with E-state index in [0.29, 0.717) is 33.3 Å². The number of aromatic nitrogens is 2. The Morgan fingerprint density at radius 1 is 1.20 bits per heavy atom. The van der Waals surface area contributed by atoms with Crippen LogP contribution in [0.25, 0.3) is 0 Å². The topological polar surface area (TPSA) is 73.1 Å². The largest absolute Gasteiger partial charge is 0.437 e.